The Bertz CT molecular complexity index is 680. The molecule has 5 heteroatoms. The molecule has 0 N–H and O–H groups in total. The zero-order chi connectivity index (χ0) is 16.3. The van der Waals surface area contributed by atoms with E-state index in [-0.39, 0.29) is 11.5 Å². The van der Waals surface area contributed by atoms with Crippen LogP contribution < -0.4 is 0 Å². The van der Waals surface area contributed by atoms with Crippen molar-refractivity contribution in [3.05, 3.63) is 60.1 Å². The highest BCUT2D eigenvalue weighted by atomic mass is 16.6. The van der Waals surface area contributed by atoms with E-state index in [0.29, 0.717) is 18.5 Å². The van der Waals surface area contributed by atoms with Crippen LogP contribution in [0.4, 0.5) is 0 Å². The highest BCUT2D eigenvalue weighted by Crippen LogP contribution is 2.30. The molecule has 1 fully saturated rings. The molecule has 1 aliphatic rings. The van der Waals surface area contributed by atoms with Gasteiger partial charge in [-0.25, -0.2) is 4.79 Å². The van der Waals surface area contributed by atoms with Gasteiger partial charge in [-0.1, -0.05) is 30.3 Å². The van der Waals surface area contributed by atoms with E-state index in [0.717, 1.165) is 13.0 Å². The standard InChI is InChI=1S/C18H19NO4/c1-19-11-6-10-18(13-19,16(20)14-7-3-2-4-8-14)23-17(21)15-9-5-12-22-15/h2-5,7-9,12H,6,10-11,13H2,1H3/t18-/m0/s1. The molecule has 0 spiro atoms. The lowest BCUT2D eigenvalue weighted by molar-refractivity contribution is -0.0384. The van der Waals surface area contributed by atoms with Crippen LogP contribution in [0, 0.1) is 0 Å². The average Bonchev–Trinajstić information content (AvgIpc) is 3.09. The van der Waals surface area contributed by atoms with Crippen LogP contribution in [0.15, 0.2) is 53.1 Å². The molecule has 23 heavy (non-hydrogen) atoms. The first kappa shape index (κ1) is 15.5. The second-order valence-corrected chi connectivity index (χ2v) is 5.90. The van der Waals surface area contributed by atoms with Crippen molar-refractivity contribution < 1.29 is 18.7 Å². The lowest BCUT2D eigenvalue weighted by atomic mass is 9.85. The minimum absolute atomic E-state index is 0.110. The van der Waals surface area contributed by atoms with Crippen molar-refractivity contribution >= 4 is 11.8 Å². The minimum atomic E-state index is -1.17. The maximum absolute atomic E-state index is 13.0. The molecule has 120 valence electrons. The lowest BCUT2D eigenvalue weighted by Crippen LogP contribution is -2.54. The van der Waals surface area contributed by atoms with Crippen molar-refractivity contribution in [3.63, 3.8) is 0 Å². The van der Waals surface area contributed by atoms with E-state index < -0.39 is 11.6 Å². The van der Waals surface area contributed by atoms with Gasteiger partial charge in [-0.15, -0.1) is 0 Å². The monoisotopic (exact) mass is 313 g/mol. The number of hydrogen-bond donors (Lipinski definition) is 0. The predicted octanol–water partition coefficient (Wildman–Crippen LogP) is 2.78. The molecule has 1 aliphatic heterocycles. The van der Waals surface area contributed by atoms with Crippen LogP contribution >= 0.6 is 0 Å². The lowest BCUT2D eigenvalue weighted by Gasteiger charge is -2.39. The van der Waals surface area contributed by atoms with Gasteiger partial charge in [0.05, 0.1) is 6.26 Å². The van der Waals surface area contributed by atoms with Gasteiger partial charge in [0.15, 0.2) is 5.60 Å². The molecule has 1 aromatic heterocycles. The summed E-state index contributed by atoms with van der Waals surface area (Å²) in [7, 11) is 1.92. The van der Waals surface area contributed by atoms with E-state index in [4.69, 9.17) is 9.15 Å². The van der Waals surface area contributed by atoms with Crippen LogP contribution in [0.5, 0.6) is 0 Å². The van der Waals surface area contributed by atoms with Gasteiger partial charge in [-0.2, -0.15) is 0 Å². The number of nitrogens with zero attached hydrogens (tertiary/aromatic N) is 1. The number of carbonyl (C=O) groups is 2. The molecule has 0 saturated carbocycles. The maximum Gasteiger partial charge on any atom is 0.375 e. The fourth-order valence-electron chi connectivity index (χ4n) is 3.02. The summed E-state index contributed by atoms with van der Waals surface area (Å²) < 4.78 is 10.8. The molecular formula is C18H19NO4. The summed E-state index contributed by atoms with van der Waals surface area (Å²) in [6.45, 7) is 1.26. The molecule has 2 aromatic rings. The second kappa shape index (κ2) is 6.38. The van der Waals surface area contributed by atoms with Crippen LogP contribution in [0.2, 0.25) is 0 Å². The number of furan rings is 1. The van der Waals surface area contributed by atoms with Gasteiger partial charge >= 0.3 is 5.97 Å². The summed E-state index contributed by atoms with van der Waals surface area (Å²) in [5.74, 6) is -0.655. The van der Waals surface area contributed by atoms with Gasteiger partial charge in [0, 0.05) is 12.1 Å². The zero-order valence-electron chi connectivity index (χ0n) is 13.0. The molecule has 0 aliphatic carbocycles. The Morgan fingerprint density at radius 2 is 1.96 bits per heavy atom. The van der Waals surface area contributed by atoms with Crippen molar-refractivity contribution in [2.45, 2.75) is 18.4 Å². The zero-order valence-corrected chi connectivity index (χ0v) is 13.0. The highest BCUT2D eigenvalue weighted by Gasteiger charge is 2.45. The van der Waals surface area contributed by atoms with Crippen molar-refractivity contribution in [1.82, 2.24) is 4.90 Å². The van der Waals surface area contributed by atoms with Gasteiger partial charge in [0.1, 0.15) is 0 Å². The fraction of sp³-hybridized carbons (Fsp3) is 0.333. The Hall–Kier alpha value is -2.40. The first-order valence-electron chi connectivity index (χ1n) is 7.66. The topological polar surface area (TPSA) is 59.8 Å². The number of Topliss-reactive ketones (excluding diaryl/α,β-unsaturated/α-hetero) is 1. The Kier molecular flexibility index (Phi) is 4.30. The number of rotatable bonds is 4. The molecule has 1 saturated heterocycles. The number of esters is 1. The highest BCUT2D eigenvalue weighted by molar-refractivity contribution is 6.04. The third-order valence-corrected chi connectivity index (χ3v) is 4.11. The Balaban J connectivity index is 1.91. The predicted molar refractivity (Wildman–Crippen MR) is 84.4 cm³/mol. The van der Waals surface area contributed by atoms with E-state index in [9.17, 15) is 9.59 Å². The van der Waals surface area contributed by atoms with Crippen molar-refractivity contribution in [2.75, 3.05) is 20.1 Å². The number of hydrogen-bond acceptors (Lipinski definition) is 5. The van der Waals surface area contributed by atoms with E-state index in [2.05, 4.69) is 0 Å². The smallest absolute Gasteiger partial charge is 0.375 e. The number of piperidine rings is 1. The van der Waals surface area contributed by atoms with Crippen LogP contribution in [0.1, 0.15) is 33.8 Å². The molecule has 0 amide bonds. The first-order chi connectivity index (χ1) is 11.1. The number of benzene rings is 1. The molecule has 1 aromatic carbocycles. The second-order valence-electron chi connectivity index (χ2n) is 5.90. The van der Waals surface area contributed by atoms with Crippen molar-refractivity contribution in [3.8, 4) is 0 Å². The quantitative estimate of drug-likeness (QED) is 0.641. The van der Waals surface area contributed by atoms with Crippen LogP contribution in [-0.2, 0) is 4.74 Å². The molecule has 3 rings (SSSR count). The first-order valence-corrected chi connectivity index (χ1v) is 7.66. The normalized spacial score (nSPS) is 21.8. The molecule has 0 radical (unpaired) electrons. The molecular weight excluding hydrogens is 294 g/mol. The number of ketones is 1. The summed E-state index contributed by atoms with van der Waals surface area (Å²) in [4.78, 5) is 27.4. The van der Waals surface area contributed by atoms with Crippen LogP contribution in [-0.4, -0.2) is 42.4 Å². The SMILES string of the molecule is CN1CCC[C@@](OC(=O)c2ccco2)(C(=O)c2ccccc2)C1. The van der Waals surface area contributed by atoms with E-state index in [1.807, 2.05) is 30.1 Å². The summed E-state index contributed by atoms with van der Waals surface area (Å²) in [6.07, 6.45) is 2.72. The number of likely N-dealkylation sites (N-methyl/N-ethyl adjacent to an activating group) is 1. The summed E-state index contributed by atoms with van der Waals surface area (Å²) in [5, 5.41) is 0. The van der Waals surface area contributed by atoms with E-state index >= 15 is 0 Å². The average molecular weight is 313 g/mol. The van der Waals surface area contributed by atoms with Gasteiger partial charge < -0.3 is 14.1 Å². The largest absolute Gasteiger partial charge is 0.457 e. The molecule has 0 unspecified atom stereocenters. The number of carbonyl (C=O) groups excluding carboxylic acids is 2. The van der Waals surface area contributed by atoms with Crippen molar-refractivity contribution in [1.29, 1.82) is 0 Å². The Labute approximate surface area is 134 Å². The maximum atomic E-state index is 13.0. The molecule has 2 heterocycles. The number of likely N-dealkylation sites (tertiary alicyclic amines) is 1. The van der Waals surface area contributed by atoms with Gasteiger partial charge in [-0.3, -0.25) is 4.79 Å². The third kappa shape index (κ3) is 3.19. The third-order valence-electron chi connectivity index (χ3n) is 4.11. The van der Waals surface area contributed by atoms with Gasteiger partial charge in [0.25, 0.3) is 0 Å². The summed E-state index contributed by atoms with van der Waals surface area (Å²) in [5.41, 5.74) is -0.617. The van der Waals surface area contributed by atoms with Crippen LogP contribution in [0.25, 0.3) is 0 Å². The van der Waals surface area contributed by atoms with E-state index in [1.54, 1.807) is 18.2 Å². The fourth-order valence-corrected chi connectivity index (χ4v) is 3.02. The van der Waals surface area contributed by atoms with Crippen LogP contribution in [0.3, 0.4) is 0 Å². The van der Waals surface area contributed by atoms with Crippen molar-refractivity contribution in [2.24, 2.45) is 0 Å². The molecule has 1 atom stereocenters. The van der Waals surface area contributed by atoms with E-state index in [1.165, 1.54) is 12.3 Å². The molecule has 5 nitrogen and oxygen atoms in total. The molecule has 0 bridgehead atoms. The van der Waals surface area contributed by atoms with Gasteiger partial charge in [0.2, 0.25) is 11.5 Å². The Morgan fingerprint density at radius 1 is 1.17 bits per heavy atom. The van der Waals surface area contributed by atoms with Gasteiger partial charge in [-0.05, 0) is 38.6 Å². The summed E-state index contributed by atoms with van der Waals surface area (Å²) >= 11 is 0. The Morgan fingerprint density at radius 3 is 2.61 bits per heavy atom. The summed E-state index contributed by atoms with van der Waals surface area (Å²) in [6, 6.07) is 12.1. The number of ether oxygens (including phenoxy) is 1. The minimum Gasteiger partial charge on any atom is -0.457 e.